The first-order valence-corrected chi connectivity index (χ1v) is 8.41. The highest BCUT2D eigenvalue weighted by Gasteiger charge is 2.31. The van der Waals surface area contributed by atoms with E-state index in [0.717, 1.165) is 38.1 Å². The zero-order valence-corrected chi connectivity index (χ0v) is 14.3. The fourth-order valence-electron chi connectivity index (χ4n) is 3.17. The molecule has 26 heavy (non-hydrogen) atoms. The lowest BCUT2D eigenvalue weighted by Crippen LogP contribution is -2.39. The number of carbonyl (C=O) groups excluding carboxylic acids is 1. The van der Waals surface area contributed by atoms with Crippen LogP contribution in [-0.2, 0) is 11.0 Å². The molecule has 2 aromatic rings. The molecule has 1 aliphatic heterocycles. The largest absolute Gasteiger partial charge is 0.416 e. The Morgan fingerprint density at radius 2 is 2.19 bits per heavy atom. The van der Waals surface area contributed by atoms with Gasteiger partial charge < -0.3 is 5.32 Å². The molecule has 0 aliphatic carbocycles. The molecular formula is C17H20F3N5O. The van der Waals surface area contributed by atoms with E-state index in [1.54, 1.807) is 0 Å². The fourth-order valence-corrected chi connectivity index (χ4v) is 3.17. The Bertz CT molecular complexity index is 760. The van der Waals surface area contributed by atoms with Crippen molar-refractivity contribution in [3.63, 3.8) is 0 Å². The van der Waals surface area contributed by atoms with Crippen LogP contribution >= 0.6 is 0 Å². The summed E-state index contributed by atoms with van der Waals surface area (Å²) in [4.78, 5) is 18.2. The molecule has 2 heterocycles. The number of nitrogens with one attached hydrogen (secondary N) is 1. The van der Waals surface area contributed by atoms with Crippen LogP contribution in [0.25, 0.3) is 5.69 Å². The van der Waals surface area contributed by atoms with Crippen molar-refractivity contribution >= 4 is 11.6 Å². The van der Waals surface area contributed by atoms with E-state index in [4.69, 9.17) is 0 Å². The van der Waals surface area contributed by atoms with Crippen LogP contribution in [0.5, 0.6) is 0 Å². The SMILES string of the molecule is C[C@H]1CCCN(CC(=O)Nc2cc(C(F)(F)F)ccc2-n2cncn2)C1. The first-order valence-electron chi connectivity index (χ1n) is 8.41. The van der Waals surface area contributed by atoms with Crippen LogP contribution in [0.4, 0.5) is 18.9 Å². The van der Waals surface area contributed by atoms with Crippen molar-refractivity contribution in [3.8, 4) is 5.69 Å². The number of rotatable bonds is 4. The van der Waals surface area contributed by atoms with Gasteiger partial charge in [0, 0.05) is 6.54 Å². The molecule has 1 fully saturated rings. The van der Waals surface area contributed by atoms with Crippen molar-refractivity contribution in [1.29, 1.82) is 0 Å². The van der Waals surface area contributed by atoms with Crippen LogP contribution < -0.4 is 5.32 Å². The van der Waals surface area contributed by atoms with E-state index in [1.807, 2.05) is 4.90 Å². The van der Waals surface area contributed by atoms with E-state index in [-0.39, 0.29) is 18.1 Å². The molecule has 0 unspecified atom stereocenters. The Morgan fingerprint density at radius 3 is 2.85 bits per heavy atom. The van der Waals surface area contributed by atoms with E-state index in [1.165, 1.54) is 23.4 Å². The second kappa shape index (κ2) is 7.45. The van der Waals surface area contributed by atoms with Crippen LogP contribution in [0.15, 0.2) is 30.9 Å². The molecule has 0 bridgehead atoms. The number of halogens is 3. The Kier molecular flexibility index (Phi) is 5.26. The predicted octanol–water partition coefficient (Wildman–Crippen LogP) is 2.96. The number of aromatic nitrogens is 3. The van der Waals surface area contributed by atoms with Gasteiger partial charge in [-0.25, -0.2) is 9.67 Å². The van der Waals surface area contributed by atoms with Gasteiger partial charge in [-0.1, -0.05) is 6.92 Å². The van der Waals surface area contributed by atoms with Gasteiger partial charge in [-0.3, -0.25) is 9.69 Å². The van der Waals surface area contributed by atoms with Crippen molar-refractivity contribution in [2.75, 3.05) is 25.0 Å². The predicted molar refractivity (Wildman–Crippen MR) is 89.8 cm³/mol. The van der Waals surface area contributed by atoms with E-state index in [9.17, 15) is 18.0 Å². The molecule has 1 aromatic heterocycles. The average molecular weight is 367 g/mol. The number of hydrogen-bond acceptors (Lipinski definition) is 4. The van der Waals surface area contributed by atoms with Crippen molar-refractivity contribution in [1.82, 2.24) is 19.7 Å². The number of likely N-dealkylation sites (tertiary alicyclic amines) is 1. The summed E-state index contributed by atoms with van der Waals surface area (Å²) in [6.45, 7) is 3.90. The zero-order valence-electron chi connectivity index (χ0n) is 14.3. The van der Waals surface area contributed by atoms with Gasteiger partial charge in [-0.2, -0.15) is 18.3 Å². The standard InChI is InChI=1S/C17H20F3N5O/c1-12-3-2-6-24(8-12)9-16(26)23-14-7-13(17(18,19)20)4-5-15(14)25-11-21-10-22-25/h4-5,7,10-12H,2-3,6,8-9H2,1H3,(H,23,26)/t12-/m0/s1. The maximum atomic E-state index is 13.0. The Labute approximate surface area is 149 Å². The van der Waals surface area contributed by atoms with Crippen LogP contribution in [0.3, 0.4) is 0 Å². The lowest BCUT2D eigenvalue weighted by Gasteiger charge is -2.30. The Balaban J connectivity index is 1.81. The van der Waals surface area contributed by atoms with E-state index >= 15 is 0 Å². The molecule has 6 nitrogen and oxygen atoms in total. The minimum Gasteiger partial charge on any atom is -0.323 e. The number of hydrogen-bond donors (Lipinski definition) is 1. The van der Waals surface area contributed by atoms with Crippen LogP contribution in [0.2, 0.25) is 0 Å². The summed E-state index contributed by atoms with van der Waals surface area (Å²) in [5.74, 6) is 0.163. The minimum atomic E-state index is -4.50. The van der Waals surface area contributed by atoms with Gasteiger partial charge in [0.25, 0.3) is 0 Å². The number of anilines is 1. The summed E-state index contributed by atoms with van der Waals surface area (Å²) >= 11 is 0. The van der Waals surface area contributed by atoms with E-state index < -0.39 is 11.7 Å². The molecule has 0 saturated carbocycles. The third-order valence-electron chi connectivity index (χ3n) is 4.37. The smallest absolute Gasteiger partial charge is 0.323 e. The third-order valence-corrected chi connectivity index (χ3v) is 4.37. The summed E-state index contributed by atoms with van der Waals surface area (Å²) in [6.07, 6.45) is 0.288. The lowest BCUT2D eigenvalue weighted by atomic mass is 10.0. The molecular weight excluding hydrogens is 347 g/mol. The summed E-state index contributed by atoms with van der Waals surface area (Å²) < 4.78 is 40.4. The number of nitrogens with zero attached hydrogens (tertiary/aromatic N) is 4. The van der Waals surface area contributed by atoms with Gasteiger partial charge in [0.15, 0.2) is 0 Å². The van der Waals surface area contributed by atoms with Crippen LogP contribution in [0, 0.1) is 5.92 Å². The van der Waals surface area contributed by atoms with Gasteiger partial charge >= 0.3 is 6.18 Å². The molecule has 0 spiro atoms. The zero-order chi connectivity index (χ0) is 18.7. The first-order chi connectivity index (χ1) is 12.3. The number of alkyl halides is 3. The topological polar surface area (TPSA) is 63.1 Å². The van der Waals surface area contributed by atoms with E-state index in [2.05, 4.69) is 22.3 Å². The Morgan fingerprint density at radius 1 is 1.38 bits per heavy atom. The molecule has 1 N–H and O–H groups in total. The molecule has 9 heteroatoms. The first kappa shape index (κ1) is 18.4. The normalized spacial score (nSPS) is 18.7. The van der Waals surface area contributed by atoms with Crippen molar-refractivity contribution < 1.29 is 18.0 Å². The van der Waals surface area contributed by atoms with Gasteiger partial charge in [-0.15, -0.1) is 0 Å². The maximum absolute atomic E-state index is 13.0. The average Bonchev–Trinajstić information content (AvgIpc) is 3.08. The van der Waals surface area contributed by atoms with Crippen molar-refractivity contribution in [2.24, 2.45) is 5.92 Å². The quantitative estimate of drug-likeness (QED) is 0.903. The van der Waals surface area contributed by atoms with Gasteiger partial charge in [0.05, 0.1) is 23.5 Å². The number of piperidine rings is 1. The monoisotopic (exact) mass is 367 g/mol. The van der Waals surface area contributed by atoms with Crippen molar-refractivity contribution in [2.45, 2.75) is 25.9 Å². The summed E-state index contributed by atoms with van der Waals surface area (Å²) in [5, 5.41) is 6.54. The maximum Gasteiger partial charge on any atom is 0.416 e. The van der Waals surface area contributed by atoms with Crippen LogP contribution in [0.1, 0.15) is 25.3 Å². The number of amides is 1. The summed E-state index contributed by atoms with van der Waals surface area (Å²) in [5.41, 5.74) is -0.445. The molecule has 1 aliphatic rings. The van der Waals surface area contributed by atoms with Gasteiger partial charge in [0.2, 0.25) is 5.91 Å². The molecule has 1 saturated heterocycles. The highest BCUT2D eigenvalue weighted by atomic mass is 19.4. The second-order valence-corrected chi connectivity index (χ2v) is 6.60. The van der Waals surface area contributed by atoms with Gasteiger partial charge in [0.1, 0.15) is 12.7 Å². The third kappa shape index (κ3) is 4.40. The second-order valence-electron chi connectivity index (χ2n) is 6.60. The lowest BCUT2D eigenvalue weighted by molar-refractivity contribution is -0.137. The number of benzene rings is 1. The highest BCUT2D eigenvalue weighted by molar-refractivity contribution is 5.94. The molecule has 140 valence electrons. The van der Waals surface area contributed by atoms with Gasteiger partial charge in [-0.05, 0) is 43.5 Å². The van der Waals surface area contributed by atoms with E-state index in [0.29, 0.717) is 11.6 Å². The fraction of sp³-hybridized carbons (Fsp3) is 0.471. The number of carbonyl (C=O) groups is 1. The molecule has 1 atom stereocenters. The molecule has 0 radical (unpaired) electrons. The minimum absolute atomic E-state index is 0.0559. The van der Waals surface area contributed by atoms with Crippen molar-refractivity contribution in [3.05, 3.63) is 36.4 Å². The summed E-state index contributed by atoms with van der Waals surface area (Å²) in [6, 6.07) is 3.16. The molecule has 1 amide bonds. The highest BCUT2D eigenvalue weighted by Crippen LogP contribution is 2.33. The molecule has 1 aromatic carbocycles. The Hall–Kier alpha value is -2.42. The van der Waals surface area contributed by atoms with Crippen LogP contribution in [-0.4, -0.2) is 45.2 Å². The molecule has 3 rings (SSSR count). The summed E-state index contributed by atoms with van der Waals surface area (Å²) in [7, 11) is 0.